The van der Waals surface area contributed by atoms with E-state index < -0.39 is 0 Å². The standard InChI is InChI=1S/C17H20N2O/c18-16-3-1-2-4-17(16)20-15-7-5-13(6-8-15)14-9-11-19-12-10-14/h5-12,16-17H,1-4,18H2. The number of pyridine rings is 1. The van der Waals surface area contributed by atoms with Crippen molar-refractivity contribution >= 4 is 0 Å². The minimum absolute atomic E-state index is 0.163. The van der Waals surface area contributed by atoms with E-state index in [0.29, 0.717) is 0 Å². The van der Waals surface area contributed by atoms with Crippen LogP contribution in [-0.2, 0) is 0 Å². The maximum absolute atomic E-state index is 6.12. The highest BCUT2D eigenvalue weighted by Crippen LogP contribution is 2.25. The quantitative estimate of drug-likeness (QED) is 0.928. The van der Waals surface area contributed by atoms with E-state index in [2.05, 4.69) is 17.1 Å². The third-order valence-electron chi connectivity index (χ3n) is 3.91. The summed E-state index contributed by atoms with van der Waals surface area (Å²) in [5.74, 6) is 0.908. The molecule has 0 radical (unpaired) electrons. The molecule has 0 amide bonds. The van der Waals surface area contributed by atoms with E-state index in [1.165, 1.54) is 24.0 Å². The first-order valence-corrected chi connectivity index (χ1v) is 7.25. The fourth-order valence-electron chi connectivity index (χ4n) is 2.72. The molecule has 0 saturated heterocycles. The Bertz CT molecular complexity index is 539. The molecule has 1 aromatic carbocycles. The van der Waals surface area contributed by atoms with Crippen molar-refractivity contribution in [3.05, 3.63) is 48.8 Å². The summed E-state index contributed by atoms with van der Waals surface area (Å²) in [5, 5.41) is 0. The molecular weight excluding hydrogens is 248 g/mol. The highest BCUT2D eigenvalue weighted by Gasteiger charge is 2.23. The maximum atomic E-state index is 6.12. The number of hydrogen-bond donors (Lipinski definition) is 1. The zero-order chi connectivity index (χ0) is 13.8. The zero-order valence-electron chi connectivity index (χ0n) is 11.5. The fraction of sp³-hybridized carbons (Fsp3) is 0.353. The van der Waals surface area contributed by atoms with Gasteiger partial charge in [0.05, 0.1) is 0 Å². The lowest BCUT2D eigenvalue weighted by Crippen LogP contribution is -2.41. The normalized spacial score (nSPS) is 22.4. The SMILES string of the molecule is NC1CCCCC1Oc1ccc(-c2ccncc2)cc1. The summed E-state index contributed by atoms with van der Waals surface area (Å²) >= 11 is 0. The van der Waals surface area contributed by atoms with Gasteiger partial charge >= 0.3 is 0 Å². The first-order valence-electron chi connectivity index (χ1n) is 7.25. The van der Waals surface area contributed by atoms with E-state index in [-0.39, 0.29) is 12.1 Å². The molecule has 1 aliphatic rings. The Morgan fingerprint density at radius 1 is 0.900 bits per heavy atom. The van der Waals surface area contributed by atoms with Crippen LogP contribution in [0.5, 0.6) is 5.75 Å². The molecule has 2 aromatic rings. The highest BCUT2D eigenvalue weighted by molar-refractivity contribution is 5.63. The van der Waals surface area contributed by atoms with Gasteiger partial charge in [-0.1, -0.05) is 18.6 Å². The molecule has 2 N–H and O–H groups in total. The summed E-state index contributed by atoms with van der Waals surface area (Å²) in [6.07, 6.45) is 8.35. The molecule has 1 fully saturated rings. The Morgan fingerprint density at radius 2 is 1.55 bits per heavy atom. The number of nitrogens with two attached hydrogens (primary N) is 1. The minimum atomic E-state index is 0.163. The predicted octanol–water partition coefficient (Wildman–Crippen LogP) is 3.40. The smallest absolute Gasteiger partial charge is 0.119 e. The van der Waals surface area contributed by atoms with Crippen molar-refractivity contribution in [1.82, 2.24) is 4.98 Å². The largest absolute Gasteiger partial charge is 0.489 e. The maximum Gasteiger partial charge on any atom is 0.119 e. The summed E-state index contributed by atoms with van der Waals surface area (Å²) in [6.45, 7) is 0. The van der Waals surface area contributed by atoms with Gasteiger partial charge in [-0.3, -0.25) is 4.98 Å². The Labute approximate surface area is 119 Å². The lowest BCUT2D eigenvalue weighted by atomic mass is 9.93. The van der Waals surface area contributed by atoms with Crippen LogP contribution in [0.15, 0.2) is 48.8 Å². The van der Waals surface area contributed by atoms with E-state index in [0.717, 1.165) is 18.6 Å². The third kappa shape index (κ3) is 2.99. The Kier molecular flexibility index (Phi) is 3.97. The average Bonchev–Trinajstić information content (AvgIpc) is 2.51. The van der Waals surface area contributed by atoms with Crippen LogP contribution >= 0.6 is 0 Å². The van der Waals surface area contributed by atoms with Gasteiger partial charge in [0.1, 0.15) is 11.9 Å². The number of rotatable bonds is 3. The van der Waals surface area contributed by atoms with Crippen molar-refractivity contribution in [1.29, 1.82) is 0 Å². The van der Waals surface area contributed by atoms with E-state index in [4.69, 9.17) is 10.5 Å². The Balaban J connectivity index is 1.70. The molecule has 1 aliphatic carbocycles. The van der Waals surface area contributed by atoms with Crippen LogP contribution < -0.4 is 10.5 Å². The second-order valence-corrected chi connectivity index (χ2v) is 5.36. The molecule has 104 valence electrons. The van der Waals surface area contributed by atoms with Gasteiger partial charge in [-0.05, 0) is 54.7 Å². The van der Waals surface area contributed by atoms with Crippen molar-refractivity contribution in [3.63, 3.8) is 0 Å². The highest BCUT2D eigenvalue weighted by atomic mass is 16.5. The molecule has 2 atom stereocenters. The molecule has 0 bridgehead atoms. The van der Waals surface area contributed by atoms with E-state index in [1.807, 2.05) is 24.3 Å². The molecule has 2 unspecified atom stereocenters. The van der Waals surface area contributed by atoms with E-state index in [1.54, 1.807) is 12.4 Å². The summed E-state index contributed by atoms with van der Waals surface area (Å²) in [6, 6.07) is 12.4. The van der Waals surface area contributed by atoms with E-state index in [9.17, 15) is 0 Å². The number of nitrogens with zero attached hydrogens (tertiary/aromatic N) is 1. The summed E-state index contributed by atoms with van der Waals surface area (Å²) in [7, 11) is 0. The predicted molar refractivity (Wildman–Crippen MR) is 80.5 cm³/mol. The lowest BCUT2D eigenvalue weighted by Gasteiger charge is -2.29. The zero-order valence-corrected chi connectivity index (χ0v) is 11.5. The monoisotopic (exact) mass is 268 g/mol. The van der Waals surface area contributed by atoms with Crippen LogP contribution in [0.1, 0.15) is 25.7 Å². The summed E-state index contributed by atoms with van der Waals surface area (Å²) < 4.78 is 6.02. The number of ether oxygens (including phenoxy) is 1. The topological polar surface area (TPSA) is 48.1 Å². The summed E-state index contributed by atoms with van der Waals surface area (Å²) in [4.78, 5) is 4.04. The minimum Gasteiger partial charge on any atom is -0.489 e. The first kappa shape index (κ1) is 13.1. The molecule has 3 rings (SSSR count). The Hall–Kier alpha value is -1.87. The molecule has 3 nitrogen and oxygen atoms in total. The molecule has 1 saturated carbocycles. The third-order valence-corrected chi connectivity index (χ3v) is 3.91. The van der Waals surface area contributed by atoms with Crippen LogP contribution in [0.2, 0.25) is 0 Å². The second kappa shape index (κ2) is 6.06. The van der Waals surface area contributed by atoms with Crippen LogP contribution in [0.3, 0.4) is 0 Å². The number of hydrogen-bond acceptors (Lipinski definition) is 3. The molecule has 1 heterocycles. The second-order valence-electron chi connectivity index (χ2n) is 5.36. The van der Waals surface area contributed by atoms with Crippen molar-refractivity contribution in [2.24, 2.45) is 5.73 Å². The summed E-state index contributed by atoms with van der Waals surface area (Å²) in [5.41, 5.74) is 8.46. The molecule has 0 aliphatic heterocycles. The first-order chi connectivity index (χ1) is 9.83. The lowest BCUT2D eigenvalue weighted by molar-refractivity contribution is 0.132. The van der Waals surface area contributed by atoms with Crippen LogP contribution in [-0.4, -0.2) is 17.1 Å². The van der Waals surface area contributed by atoms with Crippen LogP contribution in [0.25, 0.3) is 11.1 Å². The van der Waals surface area contributed by atoms with Gasteiger partial charge in [0.15, 0.2) is 0 Å². The number of aromatic nitrogens is 1. The van der Waals surface area contributed by atoms with Gasteiger partial charge in [0.2, 0.25) is 0 Å². The number of benzene rings is 1. The van der Waals surface area contributed by atoms with Gasteiger partial charge in [0, 0.05) is 18.4 Å². The van der Waals surface area contributed by atoms with Crippen molar-refractivity contribution < 1.29 is 4.74 Å². The molecule has 0 spiro atoms. The van der Waals surface area contributed by atoms with Gasteiger partial charge in [-0.15, -0.1) is 0 Å². The van der Waals surface area contributed by atoms with Crippen LogP contribution in [0, 0.1) is 0 Å². The van der Waals surface area contributed by atoms with Crippen LogP contribution in [0.4, 0.5) is 0 Å². The molecule has 3 heteroatoms. The van der Waals surface area contributed by atoms with Gasteiger partial charge < -0.3 is 10.5 Å². The fourth-order valence-corrected chi connectivity index (χ4v) is 2.72. The van der Waals surface area contributed by atoms with Gasteiger partial charge in [-0.2, -0.15) is 0 Å². The van der Waals surface area contributed by atoms with Crippen molar-refractivity contribution in [2.75, 3.05) is 0 Å². The molecular formula is C17H20N2O. The van der Waals surface area contributed by atoms with E-state index >= 15 is 0 Å². The molecule has 1 aromatic heterocycles. The van der Waals surface area contributed by atoms with Gasteiger partial charge in [-0.25, -0.2) is 0 Å². The van der Waals surface area contributed by atoms with Crippen molar-refractivity contribution in [3.8, 4) is 16.9 Å². The average molecular weight is 268 g/mol. The Morgan fingerprint density at radius 3 is 2.25 bits per heavy atom. The van der Waals surface area contributed by atoms with Crippen molar-refractivity contribution in [2.45, 2.75) is 37.8 Å². The molecule has 20 heavy (non-hydrogen) atoms. The van der Waals surface area contributed by atoms with Gasteiger partial charge in [0.25, 0.3) is 0 Å².